The fraction of sp³-hybridized carbons (Fsp3) is 0.562. The van der Waals surface area contributed by atoms with E-state index in [4.69, 9.17) is 5.73 Å². The Labute approximate surface area is 132 Å². The largest absolute Gasteiger partial charge is 0.399 e. The molecule has 1 aliphatic heterocycles. The maximum absolute atomic E-state index is 12.6. The van der Waals surface area contributed by atoms with Gasteiger partial charge in [-0.2, -0.15) is 8.42 Å². The number of fused-ring (bicyclic) bond motifs is 1. The van der Waals surface area contributed by atoms with Gasteiger partial charge >= 0.3 is 0 Å². The van der Waals surface area contributed by atoms with Crippen molar-refractivity contribution in [3.63, 3.8) is 0 Å². The highest BCUT2D eigenvalue weighted by Gasteiger charge is 2.35. The fourth-order valence-electron chi connectivity index (χ4n) is 3.34. The molecule has 1 aromatic rings. The molecule has 1 heterocycles. The molecule has 1 fully saturated rings. The molecule has 0 radical (unpaired) electrons. The summed E-state index contributed by atoms with van der Waals surface area (Å²) in [6.07, 6.45) is 4.34. The van der Waals surface area contributed by atoms with Gasteiger partial charge in [0.15, 0.2) is 0 Å². The van der Waals surface area contributed by atoms with E-state index in [-0.39, 0.29) is 10.8 Å². The molecule has 0 amide bonds. The fourth-order valence-corrected chi connectivity index (χ4v) is 4.66. The third kappa shape index (κ3) is 2.72. The Morgan fingerprint density at radius 2 is 2.00 bits per heavy atom. The van der Waals surface area contributed by atoms with Crippen LogP contribution in [0.1, 0.15) is 39.5 Å². The van der Waals surface area contributed by atoms with Crippen molar-refractivity contribution in [2.75, 3.05) is 17.2 Å². The quantitative estimate of drug-likeness (QED) is 0.868. The lowest BCUT2D eigenvalue weighted by Gasteiger charge is -2.34. The number of sulfonamides is 1. The molecule has 0 spiro atoms. The highest BCUT2D eigenvalue weighted by molar-refractivity contribution is 7.90. The summed E-state index contributed by atoms with van der Waals surface area (Å²) in [5, 5.41) is 0. The van der Waals surface area contributed by atoms with Gasteiger partial charge in [-0.3, -0.25) is 0 Å². The molecule has 1 saturated carbocycles. The highest BCUT2D eigenvalue weighted by Crippen LogP contribution is 2.38. The molecular formula is C16H23N3O2S. The van der Waals surface area contributed by atoms with Crippen LogP contribution in [-0.2, 0) is 10.0 Å². The Morgan fingerprint density at radius 3 is 2.64 bits per heavy atom. The van der Waals surface area contributed by atoms with Gasteiger partial charge < -0.3 is 10.6 Å². The monoisotopic (exact) mass is 321 g/mol. The number of nitrogens with two attached hydrogens (primary N) is 1. The second-order valence-corrected chi connectivity index (χ2v) is 8.21. The van der Waals surface area contributed by atoms with Crippen LogP contribution in [-0.4, -0.2) is 20.8 Å². The Balaban J connectivity index is 2.13. The van der Waals surface area contributed by atoms with E-state index < -0.39 is 10.0 Å². The summed E-state index contributed by atoms with van der Waals surface area (Å²) >= 11 is 0. The molecule has 0 saturated heterocycles. The molecule has 2 N–H and O–H groups in total. The number of rotatable bonds is 3. The molecule has 22 heavy (non-hydrogen) atoms. The Morgan fingerprint density at radius 1 is 1.32 bits per heavy atom. The minimum Gasteiger partial charge on any atom is -0.399 e. The number of amidine groups is 1. The number of nitrogen functional groups attached to an aromatic ring is 1. The van der Waals surface area contributed by atoms with E-state index in [1.54, 1.807) is 6.07 Å². The maximum atomic E-state index is 12.6. The van der Waals surface area contributed by atoms with Gasteiger partial charge in [-0.1, -0.05) is 26.7 Å². The van der Waals surface area contributed by atoms with Gasteiger partial charge in [0.05, 0.1) is 5.69 Å². The van der Waals surface area contributed by atoms with Crippen LogP contribution in [0, 0.1) is 11.8 Å². The summed E-state index contributed by atoms with van der Waals surface area (Å²) in [7, 11) is -3.65. The minimum absolute atomic E-state index is 0.231. The smallest absolute Gasteiger partial charge is 0.286 e. The zero-order valence-electron chi connectivity index (χ0n) is 13.1. The van der Waals surface area contributed by atoms with Crippen molar-refractivity contribution in [3.05, 3.63) is 18.2 Å². The van der Waals surface area contributed by atoms with Crippen LogP contribution < -0.4 is 10.6 Å². The summed E-state index contributed by atoms with van der Waals surface area (Å²) in [5.41, 5.74) is 6.95. The van der Waals surface area contributed by atoms with Gasteiger partial charge in [-0.05, 0) is 37.0 Å². The first-order valence-electron chi connectivity index (χ1n) is 7.90. The Bertz CT molecular complexity index is 704. The van der Waals surface area contributed by atoms with Crippen molar-refractivity contribution in [2.24, 2.45) is 16.2 Å². The Hall–Kier alpha value is -1.56. The van der Waals surface area contributed by atoms with Gasteiger partial charge in [-0.15, -0.1) is 4.40 Å². The topological polar surface area (TPSA) is 75.8 Å². The van der Waals surface area contributed by atoms with E-state index in [1.165, 1.54) is 6.07 Å². The lowest BCUT2D eigenvalue weighted by atomic mass is 10.0. The summed E-state index contributed by atoms with van der Waals surface area (Å²) in [4.78, 5) is 2.33. The first-order valence-corrected chi connectivity index (χ1v) is 9.34. The van der Waals surface area contributed by atoms with E-state index in [0.717, 1.165) is 43.8 Å². The van der Waals surface area contributed by atoms with Crippen molar-refractivity contribution in [1.82, 2.24) is 0 Å². The third-order valence-corrected chi connectivity index (χ3v) is 5.62. The second-order valence-electron chi connectivity index (χ2n) is 6.64. The first kappa shape index (κ1) is 15.3. The van der Waals surface area contributed by atoms with Crippen LogP contribution in [0.3, 0.4) is 0 Å². The summed E-state index contributed by atoms with van der Waals surface area (Å²) in [6, 6.07) is 5.10. The number of hydrogen-bond donors (Lipinski definition) is 1. The van der Waals surface area contributed by atoms with Gasteiger partial charge in [-0.25, -0.2) is 0 Å². The van der Waals surface area contributed by atoms with Gasteiger partial charge in [0.1, 0.15) is 10.7 Å². The lowest BCUT2D eigenvalue weighted by molar-refractivity contribution is 0.589. The van der Waals surface area contributed by atoms with Gasteiger partial charge in [0.2, 0.25) is 0 Å². The SMILES string of the molecule is CC(C)CN1C(C2CCCC2)=NS(=O)(=O)c2cc(N)ccc21. The molecule has 6 heteroatoms. The molecule has 0 aromatic heterocycles. The molecule has 1 aromatic carbocycles. The summed E-state index contributed by atoms with van der Waals surface area (Å²) in [5.74, 6) is 1.39. The van der Waals surface area contributed by atoms with Crippen molar-refractivity contribution < 1.29 is 8.42 Å². The molecule has 0 bridgehead atoms. The average Bonchev–Trinajstić information content (AvgIpc) is 2.95. The van der Waals surface area contributed by atoms with Crippen molar-refractivity contribution in [3.8, 4) is 0 Å². The van der Waals surface area contributed by atoms with Crippen LogP contribution in [0.15, 0.2) is 27.5 Å². The maximum Gasteiger partial charge on any atom is 0.286 e. The number of hydrogen-bond acceptors (Lipinski definition) is 4. The van der Waals surface area contributed by atoms with E-state index in [1.807, 2.05) is 6.07 Å². The van der Waals surface area contributed by atoms with Crippen molar-refractivity contribution >= 4 is 27.2 Å². The average molecular weight is 321 g/mol. The summed E-state index contributed by atoms with van der Waals surface area (Å²) < 4.78 is 29.3. The van der Waals surface area contributed by atoms with Gasteiger partial charge in [0, 0.05) is 18.2 Å². The van der Waals surface area contributed by atoms with Crippen LogP contribution in [0.4, 0.5) is 11.4 Å². The molecule has 0 atom stereocenters. The molecular weight excluding hydrogens is 298 g/mol. The standard InChI is InChI=1S/C16H23N3O2S/c1-11(2)10-19-14-8-7-13(17)9-15(14)22(20,21)18-16(19)12-5-3-4-6-12/h7-9,11-12H,3-6,10,17H2,1-2H3. The minimum atomic E-state index is -3.65. The number of benzene rings is 1. The van der Waals surface area contributed by atoms with E-state index in [9.17, 15) is 8.42 Å². The third-order valence-electron chi connectivity index (χ3n) is 4.31. The molecule has 1 aliphatic carbocycles. The van der Waals surface area contributed by atoms with Crippen LogP contribution >= 0.6 is 0 Å². The van der Waals surface area contributed by atoms with Gasteiger partial charge in [0.25, 0.3) is 10.0 Å². The predicted molar refractivity (Wildman–Crippen MR) is 89.6 cm³/mol. The zero-order valence-corrected chi connectivity index (χ0v) is 13.9. The Kier molecular flexibility index (Phi) is 3.89. The summed E-state index contributed by atoms with van der Waals surface area (Å²) in [6.45, 7) is 5.03. The molecule has 120 valence electrons. The number of nitrogens with zero attached hydrogens (tertiary/aromatic N) is 2. The molecule has 2 aliphatic rings. The zero-order chi connectivity index (χ0) is 15.9. The van der Waals surface area contributed by atoms with Crippen LogP contribution in [0.2, 0.25) is 0 Å². The van der Waals surface area contributed by atoms with E-state index in [0.29, 0.717) is 11.6 Å². The first-order chi connectivity index (χ1) is 10.4. The van der Waals surface area contributed by atoms with Crippen LogP contribution in [0.25, 0.3) is 0 Å². The van der Waals surface area contributed by atoms with Crippen molar-refractivity contribution in [1.29, 1.82) is 0 Å². The second kappa shape index (κ2) is 5.57. The molecule has 3 rings (SSSR count). The normalized spacial score (nSPS) is 21.0. The number of anilines is 2. The van der Waals surface area contributed by atoms with E-state index >= 15 is 0 Å². The lowest BCUT2D eigenvalue weighted by Crippen LogP contribution is -2.41. The molecule has 5 nitrogen and oxygen atoms in total. The van der Waals surface area contributed by atoms with Crippen molar-refractivity contribution in [2.45, 2.75) is 44.4 Å². The highest BCUT2D eigenvalue weighted by atomic mass is 32.2. The predicted octanol–water partition coefficient (Wildman–Crippen LogP) is 3.02. The van der Waals surface area contributed by atoms with E-state index in [2.05, 4.69) is 23.1 Å². The molecule has 0 unspecified atom stereocenters. The van der Waals surface area contributed by atoms with Crippen LogP contribution in [0.5, 0.6) is 0 Å².